The molecule has 15 rings (SSSR count). The van der Waals surface area contributed by atoms with Gasteiger partial charge in [0.15, 0.2) is 0 Å². The Morgan fingerprint density at radius 1 is 0.271 bits per heavy atom. The zero-order chi connectivity index (χ0) is 38.1. The fraction of sp³-hybridized carbons (Fsp3) is 0. The van der Waals surface area contributed by atoms with Gasteiger partial charge in [-0.25, -0.2) is 0 Å². The lowest BCUT2D eigenvalue weighted by Gasteiger charge is -2.33. The summed E-state index contributed by atoms with van der Waals surface area (Å²) >= 11 is 0. The van der Waals surface area contributed by atoms with E-state index in [1.165, 1.54) is 126 Å². The van der Waals surface area contributed by atoms with E-state index in [-0.39, 0.29) is 6.71 Å². The van der Waals surface area contributed by atoms with E-state index in [1.54, 1.807) is 0 Å². The van der Waals surface area contributed by atoms with Crippen LogP contribution in [-0.4, -0.2) is 25.0 Å². The average molecular weight is 747 g/mol. The smallest absolute Gasteiger partial charge is 0.252 e. The second-order valence-corrected chi connectivity index (χ2v) is 16.4. The molecule has 9 aromatic carbocycles. The first kappa shape index (κ1) is 30.4. The number of aromatic nitrogens is 4. The Balaban J connectivity index is 1.08. The van der Waals surface area contributed by atoms with Crippen molar-refractivity contribution in [3.05, 3.63) is 188 Å². The van der Waals surface area contributed by atoms with Crippen molar-refractivity contribution in [1.29, 1.82) is 0 Å². The Kier molecular flexibility index (Phi) is 5.46. The number of para-hydroxylation sites is 6. The van der Waals surface area contributed by atoms with E-state index in [0.717, 1.165) is 0 Å². The van der Waals surface area contributed by atoms with Crippen LogP contribution < -0.4 is 16.4 Å². The van der Waals surface area contributed by atoms with Gasteiger partial charge in [-0.2, -0.15) is 0 Å². The number of hydrogen-bond donors (Lipinski definition) is 0. The Morgan fingerprint density at radius 2 is 0.661 bits per heavy atom. The zero-order valence-corrected chi connectivity index (χ0v) is 31.8. The summed E-state index contributed by atoms with van der Waals surface area (Å²) in [7, 11) is 0. The molecular formula is C54H31BN4. The highest BCUT2D eigenvalue weighted by Gasteiger charge is 2.40. The number of fused-ring (bicyclic) bond motifs is 16. The lowest BCUT2D eigenvalue weighted by atomic mass is 9.34. The molecule has 0 saturated heterocycles. The van der Waals surface area contributed by atoms with E-state index in [2.05, 4.69) is 206 Å². The molecule has 0 amide bonds. The molecule has 0 radical (unpaired) electrons. The first-order chi connectivity index (χ1) is 29.3. The van der Waals surface area contributed by atoms with Crippen LogP contribution in [0, 0.1) is 0 Å². The molecule has 2 aliphatic heterocycles. The fourth-order valence-corrected chi connectivity index (χ4v) is 11.5. The van der Waals surface area contributed by atoms with Gasteiger partial charge in [0.1, 0.15) is 0 Å². The molecule has 0 spiro atoms. The maximum Gasteiger partial charge on any atom is 0.252 e. The standard InChI is InChI=1S/C54H31BN4/c1-3-14-32(15-4-1)56-44-24-9-7-18-34(44)38-28-40-36-20-11-22-42-53(36)58(50(40)30-48(38)56)46-26-13-27-47-52(46)55(42)43-23-12-21-37-41-29-39-35-19-8-10-25-45(35)57(33-16-5-2-6-17-33)49(39)31-51(41)59(47)54(37)43/h1-31H. The highest BCUT2D eigenvalue weighted by atomic mass is 15.0. The van der Waals surface area contributed by atoms with E-state index >= 15 is 0 Å². The van der Waals surface area contributed by atoms with E-state index in [1.807, 2.05) is 0 Å². The van der Waals surface area contributed by atoms with Crippen molar-refractivity contribution in [2.75, 3.05) is 0 Å². The second kappa shape index (κ2) is 10.6. The minimum absolute atomic E-state index is 0.101. The van der Waals surface area contributed by atoms with Gasteiger partial charge >= 0.3 is 0 Å². The number of nitrogens with zero attached hydrogens (tertiary/aromatic N) is 4. The molecule has 0 atom stereocenters. The van der Waals surface area contributed by atoms with Gasteiger partial charge in [0.2, 0.25) is 0 Å². The molecule has 6 heterocycles. The summed E-state index contributed by atoms with van der Waals surface area (Å²) in [6, 6.07) is 70.2. The summed E-state index contributed by atoms with van der Waals surface area (Å²) in [5.74, 6) is 0. The van der Waals surface area contributed by atoms with Gasteiger partial charge in [0.25, 0.3) is 6.71 Å². The van der Waals surface area contributed by atoms with Crippen molar-refractivity contribution in [1.82, 2.24) is 18.3 Å². The molecule has 59 heavy (non-hydrogen) atoms. The van der Waals surface area contributed by atoms with Crippen molar-refractivity contribution in [3.63, 3.8) is 0 Å². The summed E-state index contributed by atoms with van der Waals surface area (Å²) in [5, 5.41) is 10.3. The summed E-state index contributed by atoms with van der Waals surface area (Å²) in [5.41, 5.74) is 19.0. The van der Waals surface area contributed by atoms with Crippen molar-refractivity contribution in [2.45, 2.75) is 0 Å². The van der Waals surface area contributed by atoms with Crippen LogP contribution in [0.4, 0.5) is 0 Å². The molecule has 4 aromatic heterocycles. The van der Waals surface area contributed by atoms with Crippen LogP contribution in [0.2, 0.25) is 0 Å². The summed E-state index contributed by atoms with van der Waals surface area (Å²) in [6.45, 7) is 0.101. The number of rotatable bonds is 2. The van der Waals surface area contributed by atoms with Gasteiger partial charge < -0.3 is 18.3 Å². The maximum atomic E-state index is 2.59. The molecule has 0 bridgehead atoms. The maximum absolute atomic E-state index is 2.59. The van der Waals surface area contributed by atoms with E-state index in [4.69, 9.17) is 0 Å². The average Bonchev–Trinajstić information content (AvgIpc) is 4.01. The van der Waals surface area contributed by atoms with E-state index in [9.17, 15) is 0 Å². The summed E-state index contributed by atoms with van der Waals surface area (Å²) in [6.07, 6.45) is 0. The highest BCUT2D eigenvalue weighted by Crippen LogP contribution is 2.44. The van der Waals surface area contributed by atoms with Crippen molar-refractivity contribution in [2.24, 2.45) is 0 Å². The van der Waals surface area contributed by atoms with Gasteiger partial charge in [-0.05, 0) is 89.2 Å². The predicted octanol–water partition coefficient (Wildman–Crippen LogP) is 11.2. The first-order valence-electron chi connectivity index (χ1n) is 20.6. The third-order valence-electron chi connectivity index (χ3n) is 13.7. The largest absolute Gasteiger partial charge is 0.310 e. The molecule has 5 heteroatoms. The molecular weight excluding hydrogens is 715 g/mol. The lowest BCUT2D eigenvalue weighted by molar-refractivity contribution is 1.14. The molecule has 0 saturated carbocycles. The third kappa shape index (κ3) is 3.60. The molecule has 2 aliphatic rings. The molecule has 4 nitrogen and oxygen atoms in total. The first-order valence-corrected chi connectivity index (χ1v) is 20.6. The van der Waals surface area contributed by atoms with Crippen LogP contribution in [-0.2, 0) is 0 Å². The molecule has 0 unspecified atom stereocenters. The minimum atomic E-state index is 0.101. The minimum Gasteiger partial charge on any atom is -0.310 e. The summed E-state index contributed by atoms with van der Waals surface area (Å²) < 4.78 is 10.1. The fourth-order valence-electron chi connectivity index (χ4n) is 11.5. The van der Waals surface area contributed by atoms with Gasteiger partial charge in [-0.15, -0.1) is 0 Å². The van der Waals surface area contributed by atoms with Gasteiger partial charge in [0, 0.05) is 76.9 Å². The Morgan fingerprint density at radius 3 is 1.15 bits per heavy atom. The van der Waals surface area contributed by atoms with Crippen LogP contribution >= 0.6 is 0 Å². The van der Waals surface area contributed by atoms with Crippen LogP contribution in [0.1, 0.15) is 0 Å². The van der Waals surface area contributed by atoms with Gasteiger partial charge in [-0.1, -0.05) is 115 Å². The molecule has 270 valence electrons. The topological polar surface area (TPSA) is 19.7 Å². The van der Waals surface area contributed by atoms with Crippen molar-refractivity contribution in [3.8, 4) is 22.7 Å². The van der Waals surface area contributed by atoms with Crippen LogP contribution in [0.15, 0.2) is 188 Å². The lowest BCUT2D eigenvalue weighted by Crippen LogP contribution is -2.59. The SMILES string of the molecule is c1ccc(-n2c3ccccc3c3cc4c5cccc6c5n(c4cc32)-c2cccc3c2B6c2cccc4c5cc6c7ccccc7n(-c7ccccc7)c6cc5n-3c24)cc1. The van der Waals surface area contributed by atoms with Crippen LogP contribution in [0.3, 0.4) is 0 Å². The second-order valence-electron chi connectivity index (χ2n) is 16.4. The zero-order valence-electron chi connectivity index (χ0n) is 31.8. The van der Waals surface area contributed by atoms with Crippen molar-refractivity contribution < 1.29 is 0 Å². The van der Waals surface area contributed by atoms with Crippen molar-refractivity contribution >= 4 is 110 Å². The number of benzene rings is 9. The Labute approximate surface area is 338 Å². The predicted molar refractivity (Wildman–Crippen MR) is 248 cm³/mol. The van der Waals surface area contributed by atoms with Crippen LogP contribution in [0.5, 0.6) is 0 Å². The monoisotopic (exact) mass is 746 g/mol. The molecule has 0 aliphatic carbocycles. The third-order valence-corrected chi connectivity index (χ3v) is 13.7. The van der Waals surface area contributed by atoms with E-state index in [0.29, 0.717) is 0 Å². The quantitative estimate of drug-likeness (QED) is 0.157. The Bertz CT molecular complexity index is 3750. The van der Waals surface area contributed by atoms with E-state index < -0.39 is 0 Å². The van der Waals surface area contributed by atoms with Crippen LogP contribution in [0.25, 0.3) is 110 Å². The normalized spacial score (nSPS) is 13.1. The van der Waals surface area contributed by atoms with Gasteiger partial charge in [0.05, 0.1) is 33.1 Å². The van der Waals surface area contributed by atoms with Gasteiger partial charge in [-0.3, -0.25) is 0 Å². The molecule has 0 fully saturated rings. The number of hydrogen-bond acceptors (Lipinski definition) is 0. The molecule has 0 N–H and O–H groups in total. The summed E-state index contributed by atoms with van der Waals surface area (Å²) in [4.78, 5) is 0. The Hall–Kier alpha value is -7.76. The highest BCUT2D eigenvalue weighted by molar-refractivity contribution is 7.00. The molecule has 13 aromatic rings.